The normalized spacial score (nSPS) is 18.4. The third-order valence-corrected chi connectivity index (χ3v) is 3.86. The molecule has 0 fully saturated rings. The van der Waals surface area contributed by atoms with E-state index in [0.717, 1.165) is 15.7 Å². The van der Waals surface area contributed by atoms with Crippen LogP contribution in [0.2, 0.25) is 0 Å². The number of ether oxygens (including phenoxy) is 1. The predicted octanol–water partition coefficient (Wildman–Crippen LogP) is 2.80. The maximum absolute atomic E-state index is 12.1. The Morgan fingerprint density at radius 3 is 2.60 bits per heavy atom. The van der Waals surface area contributed by atoms with Gasteiger partial charge in [0.2, 0.25) is 0 Å². The lowest BCUT2D eigenvalue weighted by molar-refractivity contribution is -0.136. The second-order valence-electron chi connectivity index (χ2n) is 4.32. The number of hydrogen-bond donors (Lipinski definition) is 2. The van der Waals surface area contributed by atoms with Gasteiger partial charge in [-0.25, -0.2) is 4.79 Å². The van der Waals surface area contributed by atoms with Gasteiger partial charge in [-0.1, -0.05) is 35.0 Å². The monoisotopic (exact) mass is 354 g/mol. The van der Waals surface area contributed by atoms with Crippen LogP contribution >= 0.6 is 28.1 Å². The van der Waals surface area contributed by atoms with Gasteiger partial charge in [0.25, 0.3) is 0 Å². The summed E-state index contributed by atoms with van der Waals surface area (Å²) in [5.41, 5.74) is 2.34. The predicted molar refractivity (Wildman–Crippen MR) is 85.1 cm³/mol. The van der Waals surface area contributed by atoms with Crippen LogP contribution in [0.1, 0.15) is 24.9 Å². The minimum Gasteiger partial charge on any atom is -0.466 e. The standard InChI is InChI=1S/C14H15BrN2O2S/c1-3-10-11(13(18)19-2)12(17-14(20)16-10)8-4-6-9(15)7-5-8/h4-7,12H,3H2,1-2H3,(H2,16,17,20)/t12-/m0/s1. The molecule has 106 valence electrons. The van der Waals surface area contributed by atoms with Crippen molar-refractivity contribution in [2.75, 3.05) is 7.11 Å². The Morgan fingerprint density at radius 1 is 1.40 bits per heavy atom. The van der Waals surface area contributed by atoms with E-state index in [0.29, 0.717) is 17.1 Å². The summed E-state index contributed by atoms with van der Waals surface area (Å²) in [6.45, 7) is 1.97. The van der Waals surface area contributed by atoms with E-state index < -0.39 is 0 Å². The summed E-state index contributed by atoms with van der Waals surface area (Å²) in [7, 11) is 1.38. The van der Waals surface area contributed by atoms with E-state index in [1.807, 2.05) is 31.2 Å². The average molecular weight is 355 g/mol. The largest absolute Gasteiger partial charge is 0.466 e. The third kappa shape index (κ3) is 3.02. The molecular formula is C14H15BrN2O2S. The zero-order valence-electron chi connectivity index (χ0n) is 11.2. The molecular weight excluding hydrogens is 340 g/mol. The van der Waals surface area contributed by atoms with Gasteiger partial charge in [0, 0.05) is 10.2 Å². The van der Waals surface area contributed by atoms with Crippen LogP contribution in [0.25, 0.3) is 0 Å². The van der Waals surface area contributed by atoms with Crippen LogP contribution in [-0.4, -0.2) is 18.2 Å². The van der Waals surface area contributed by atoms with Gasteiger partial charge in [-0.3, -0.25) is 0 Å². The molecule has 1 atom stereocenters. The smallest absolute Gasteiger partial charge is 0.337 e. The van der Waals surface area contributed by atoms with E-state index in [1.165, 1.54) is 7.11 Å². The third-order valence-electron chi connectivity index (χ3n) is 3.12. The Kier molecular flexibility index (Phi) is 4.77. The van der Waals surface area contributed by atoms with E-state index in [1.54, 1.807) is 0 Å². The highest BCUT2D eigenvalue weighted by Gasteiger charge is 2.31. The molecule has 0 bridgehead atoms. The Labute approximate surface area is 131 Å². The van der Waals surface area contributed by atoms with Gasteiger partial charge in [0.05, 0.1) is 18.7 Å². The molecule has 4 nitrogen and oxygen atoms in total. The number of carbonyl (C=O) groups excluding carboxylic acids is 1. The highest BCUT2D eigenvalue weighted by molar-refractivity contribution is 9.10. The summed E-state index contributed by atoms with van der Waals surface area (Å²) in [4.78, 5) is 12.1. The first-order valence-electron chi connectivity index (χ1n) is 6.21. The molecule has 1 aromatic rings. The summed E-state index contributed by atoms with van der Waals surface area (Å²) in [5.74, 6) is -0.350. The van der Waals surface area contributed by atoms with Crippen molar-refractivity contribution >= 4 is 39.2 Å². The average Bonchev–Trinajstić information content (AvgIpc) is 2.46. The highest BCUT2D eigenvalue weighted by Crippen LogP contribution is 2.29. The summed E-state index contributed by atoms with van der Waals surface area (Å²) >= 11 is 8.61. The Balaban J connectivity index is 2.49. The number of hydrogen-bond acceptors (Lipinski definition) is 3. The zero-order valence-corrected chi connectivity index (χ0v) is 13.6. The topological polar surface area (TPSA) is 50.4 Å². The van der Waals surface area contributed by atoms with Crippen molar-refractivity contribution < 1.29 is 9.53 Å². The summed E-state index contributed by atoms with van der Waals surface area (Å²) in [5, 5.41) is 6.68. The molecule has 0 amide bonds. The van der Waals surface area contributed by atoms with E-state index in [9.17, 15) is 4.79 Å². The van der Waals surface area contributed by atoms with Crippen LogP contribution in [0.5, 0.6) is 0 Å². The Bertz CT molecular complexity index is 569. The van der Waals surface area contributed by atoms with Gasteiger partial charge >= 0.3 is 5.97 Å². The fourth-order valence-corrected chi connectivity index (χ4v) is 2.66. The second-order valence-corrected chi connectivity index (χ2v) is 5.64. The lowest BCUT2D eigenvalue weighted by atomic mass is 9.94. The molecule has 1 aliphatic rings. The van der Waals surface area contributed by atoms with Crippen LogP contribution in [0.15, 0.2) is 40.0 Å². The highest BCUT2D eigenvalue weighted by atomic mass is 79.9. The van der Waals surface area contributed by atoms with Gasteiger partial charge in [-0.05, 0) is 36.3 Å². The van der Waals surface area contributed by atoms with Crippen molar-refractivity contribution in [1.29, 1.82) is 0 Å². The zero-order chi connectivity index (χ0) is 14.7. The Hall–Kier alpha value is -1.40. The van der Waals surface area contributed by atoms with E-state index >= 15 is 0 Å². The van der Waals surface area contributed by atoms with Gasteiger partial charge in [0.1, 0.15) is 0 Å². The first-order chi connectivity index (χ1) is 9.56. The van der Waals surface area contributed by atoms with Crippen LogP contribution in [0.4, 0.5) is 0 Å². The van der Waals surface area contributed by atoms with Crippen molar-refractivity contribution in [2.45, 2.75) is 19.4 Å². The summed E-state index contributed by atoms with van der Waals surface area (Å²) in [6, 6.07) is 7.47. The van der Waals surface area contributed by atoms with Crippen LogP contribution in [0.3, 0.4) is 0 Å². The molecule has 6 heteroatoms. The molecule has 0 radical (unpaired) electrons. The number of methoxy groups -OCH3 is 1. The maximum Gasteiger partial charge on any atom is 0.337 e. The minimum absolute atomic E-state index is 0.292. The quantitative estimate of drug-likeness (QED) is 0.645. The number of allylic oxidation sites excluding steroid dienone is 1. The second kappa shape index (κ2) is 6.37. The van der Waals surface area contributed by atoms with Crippen molar-refractivity contribution in [2.24, 2.45) is 0 Å². The maximum atomic E-state index is 12.1. The molecule has 1 heterocycles. The van der Waals surface area contributed by atoms with Crippen LogP contribution in [-0.2, 0) is 9.53 Å². The number of rotatable bonds is 3. The number of nitrogens with one attached hydrogen (secondary N) is 2. The molecule has 0 saturated heterocycles. The summed E-state index contributed by atoms with van der Waals surface area (Å²) in [6.07, 6.45) is 0.680. The minimum atomic E-state index is -0.350. The molecule has 0 spiro atoms. The van der Waals surface area contributed by atoms with Crippen molar-refractivity contribution in [3.63, 3.8) is 0 Å². The van der Waals surface area contributed by atoms with E-state index in [4.69, 9.17) is 17.0 Å². The molecule has 20 heavy (non-hydrogen) atoms. The first-order valence-corrected chi connectivity index (χ1v) is 7.41. The molecule has 0 saturated carbocycles. The lowest BCUT2D eigenvalue weighted by Gasteiger charge is -2.30. The van der Waals surface area contributed by atoms with Crippen LogP contribution < -0.4 is 10.6 Å². The van der Waals surface area contributed by atoms with Gasteiger partial charge in [-0.15, -0.1) is 0 Å². The number of benzene rings is 1. The van der Waals surface area contributed by atoms with Gasteiger partial charge < -0.3 is 15.4 Å². The molecule has 0 aromatic heterocycles. The van der Waals surface area contributed by atoms with E-state index in [-0.39, 0.29) is 12.0 Å². The fraction of sp³-hybridized carbons (Fsp3) is 0.286. The fourth-order valence-electron chi connectivity index (χ4n) is 2.15. The summed E-state index contributed by atoms with van der Waals surface area (Å²) < 4.78 is 5.89. The number of carbonyl (C=O) groups is 1. The Morgan fingerprint density at radius 2 is 2.05 bits per heavy atom. The van der Waals surface area contributed by atoms with Crippen LogP contribution in [0, 0.1) is 0 Å². The first kappa shape index (κ1) is 15.0. The SMILES string of the molecule is CCC1=C(C(=O)OC)[C@H](c2ccc(Br)cc2)NC(=S)N1. The molecule has 2 N–H and O–H groups in total. The lowest BCUT2D eigenvalue weighted by Crippen LogP contribution is -2.45. The van der Waals surface area contributed by atoms with Gasteiger partial charge in [0.15, 0.2) is 5.11 Å². The number of esters is 1. The molecule has 1 aromatic carbocycles. The van der Waals surface area contributed by atoms with Crippen molar-refractivity contribution in [3.8, 4) is 0 Å². The number of thiocarbonyl (C=S) groups is 1. The van der Waals surface area contributed by atoms with Crippen molar-refractivity contribution in [1.82, 2.24) is 10.6 Å². The van der Waals surface area contributed by atoms with Gasteiger partial charge in [-0.2, -0.15) is 0 Å². The van der Waals surface area contributed by atoms with Crippen molar-refractivity contribution in [3.05, 3.63) is 45.6 Å². The molecule has 0 aliphatic carbocycles. The molecule has 0 unspecified atom stereocenters. The molecule has 1 aliphatic heterocycles. The van der Waals surface area contributed by atoms with E-state index in [2.05, 4.69) is 26.6 Å². The number of halogens is 1. The molecule has 2 rings (SSSR count).